The number of carbonyl (C=O) groups is 1. The lowest BCUT2D eigenvalue weighted by Crippen LogP contribution is -2.32. The first kappa shape index (κ1) is 16.3. The Kier molecular flexibility index (Phi) is 5.39. The van der Waals surface area contributed by atoms with Crippen LogP contribution in [0.3, 0.4) is 0 Å². The Hall–Kier alpha value is -2.07. The van der Waals surface area contributed by atoms with Crippen molar-refractivity contribution in [3.8, 4) is 0 Å². The fourth-order valence-corrected chi connectivity index (χ4v) is 2.08. The molecule has 0 spiro atoms. The molecule has 4 nitrogen and oxygen atoms in total. The SMILES string of the molecule is CC(C)c1ccc(N[C@H](C)C(=O)Nc2ccc(Cl)cn2)cc1. The van der Waals surface area contributed by atoms with Crippen LogP contribution in [0, 0.1) is 0 Å². The predicted molar refractivity (Wildman–Crippen MR) is 91.5 cm³/mol. The topological polar surface area (TPSA) is 54.0 Å². The van der Waals surface area contributed by atoms with Crippen LogP contribution in [0.5, 0.6) is 0 Å². The van der Waals surface area contributed by atoms with Crippen molar-refractivity contribution < 1.29 is 4.79 Å². The zero-order valence-corrected chi connectivity index (χ0v) is 13.7. The number of benzene rings is 1. The Balaban J connectivity index is 1.94. The second-order valence-electron chi connectivity index (χ2n) is 5.49. The van der Waals surface area contributed by atoms with Crippen molar-refractivity contribution in [1.29, 1.82) is 0 Å². The Morgan fingerprint density at radius 3 is 2.32 bits per heavy atom. The van der Waals surface area contributed by atoms with Gasteiger partial charge in [0, 0.05) is 11.9 Å². The fraction of sp³-hybridized carbons (Fsp3) is 0.294. The lowest BCUT2D eigenvalue weighted by atomic mass is 10.0. The van der Waals surface area contributed by atoms with Gasteiger partial charge in [0.25, 0.3) is 0 Å². The summed E-state index contributed by atoms with van der Waals surface area (Å²) in [6.07, 6.45) is 1.50. The number of carbonyl (C=O) groups excluding carboxylic acids is 1. The molecule has 0 aliphatic carbocycles. The molecule has 2 N–H and O–H groups in total. The molecule has 0 unspecified atom stereocenters. The molecule has 0 saturated heterocycles. The number of hydrogen-bond acceptors (Lipinski definition) is 3. The van der Waals surface area contributed by atoms with E-state index in [1.165, 1.54) is 11.8 Å². The van der Waals surface area contributed by atoms with Crippen molar-refractivity contribution in [1.82, 2.24) is 4.98 Å². The van der Waals surface area contributed by atoms with E-state index >= 15 is 0 Å². The van der Waals surface area contributed by atoms with Gasteiger partial charge in [-0.1, -0.05) is 37.6 Å². The molecule has 116 valence electrons. The van der Waals surface area contributed by atoms with Crippen LogP contribution >= 0.6 is 11.6 Å². The summed E-state index contributed by atoms with van der Waals surface area (Å²) in [6.45, 7) is 6.11. The maximum atomic E-state index is 12.1. The van der Waals surface area contributed by atoms with E-state index in [2.05, 4.69) is 41.6 Å². The van der Waals surface area contributed by atoms with Crippen LogP contribution in [-0.2, 0) is 4.79 Å². The summed E-state index contributed by atoms with van der Waals surface area (Å²) >= 11 is 5.77. The van der Waals surface area contributed by atoms with Crippen LogP contribution in [0.1, 0.15) is 32.3 Å². The minimum absolute atomic E-state index is 0.150. The fourth-order valence-electron chi connectivity index (χ4n) is 1.96. The van der Waals surface area contributed by atoms with Gasteiger partial charge in [-0.25, -0.2) is 4.98 Å². The van der Waals surface area contributed by atoms with Gasteiger partial charge in [0.15, 0.2) is 0 Å². The average Bonchev–Trinajstić information content (AvgIpc) is 2.50. The molecule has 1 heterocycles. The van der Waals surface area contributed by atoms with Crippen molar-refractivity contribution in [2.75, 3.05) is 10.6 Å². The van der Waals surface area contributed by atoms with Crippen molar-refractivity contribution in [3.05, 3.63) is 53.2 Å². The number of hydrogen-bond donors (Lipinski definition) is 2. The summed E-state index contributed by atoms with van der Waals surface area (Å²) in [6, 6.07) is 11.1. The average molecular weight is 318 g/mol. The Labute approximate surface area is 135 Å². The summed E-state index contributed by atoms with van der Waals surface area (Å²) in [5.74, 6) is 0.826. The monoisotopic (exact) mass is 317 g/mol. The minimum atomic E-state index is -0.373. The smallest absolute Gasteiger partial charge is 0.247 e. The summed E-state index contributed by atoms with van der Waals surface area (Å²) in [5, 5.41) is 6.46. The third kappa shape index (κ3) is 4.46. The predicted octanol–water partition coefficient (Wildman–Crippen LogP) is 4.30. The molecule has 0 aliphatic rings. The molecule has 22 heavy (non-hydrogen) atoms. The van der Waals surface area contributed by atoms with Gasteiger partial charge < -0.3 is 10.6 Å². The molecule has 0 bridgehead atoms. The summed E-state index contributed by atoms with van der Waals surface area (Å²) < 4.78 is 0. The molecular weight excluding hydrogens is 298 g/mol. The normalized spacial score (nSPS) is 12.0. The number of rotatable bonds is 5. The van der Waals surface area contributed by atoms with Gasteiger partial charge in [0.05, 0.1) is 5.02 Å². The highest BCUT2D eigenvalue weighted by atomic mass is 35.5. The lowest BCUT2D eigenvalue weighted by Gasteiger charge is -2.15. The van der Waals surface area contributed by atoms with E-state index in [1.807, 2.05) is 19.1 Å². The van der Waals surface area contributed by atoms with Crippen LogP contribution < -0.4 is 10.6 Å². The van der Waals surface area contributed by atoms with E-state index in [0.717, 1.165) is 5.69 Å². The molecule has 2 aromatic rings. The number of nitrogens with one attached hydrogen (secondary N) is 2. The molecule has 1 aromatic carbocycles. The molecule has 1 aromatic heterocycles. The van der Waals surface area contributed by atoms with E-state index < -0.39 is 0 Å². The first-order chi connectivity index (χ1) is 10.5. The van der Waals surface area contributed by atoms with Gasteiger partial charge in [0.2, 0.25) is 5.91 Å². The molecule has 0 fully saturated rings. The highest BCUT2D eigenvalue weighted by Crippen LogP contribution is 2.18. The van der Waals surface area contributed by atoms with Crippen molar-refractivity contribution >= 4 is 29.0 Å². The molecular formula is C17H20ClN3O. The van der Waals surface area contributed by atoms with Gasteiger partial charge in [-0.3, -0.25) is 4.79 Å². The van der Waals surface area contributed by atoms with Crippen LogP contribution in [0.2, 0.25) is 5.02 Å². The Morgan fingerprint density at radius 2 is 1.77 bits per heavy atom. The zero-order valence-electron chi connectivity index (χ0n) is 12.9. The van der Waals surface area contributed by atoms with E-state index in [9.17, 15) is 4.79 Å². The number of halogens is 1. The molecule has 1 atom stereocenters. The second-order valence-corrected chi connectivity index (χ2v) is 5.93. The van der Waals surface area contributed by atoms with Gasteiger partial charge in [-0.15, -0.1) is 0 Å². The first-order valence-corrected chi connectivity index (χ1v) is 7.62. The van der Waals surface area contributed by atoms with Crippen molar-refractivity contribution in [3.63, 3.8) is 0 Å². The van der Waals surface area contributed by atoms with Gasteiger partial charge >= 0.3 is 0 Å². The molecule has 0 saturated carbocycles. The Morgan fingerprint density at radius 1 is 1.09 bits per heavy atom. The summed E-state index contributed by atoms with van der Waals surface area (Å²) in [7, 11) is 0. The van der Waals surface area contributed by atoms with E-state index in [1.54, 1.807) is 12.1 Å². The van der Waals surface area contributed by atoms with Crippen LogP contribution in [0.15, 0.2) is 42.6 Å². The van der Waals surface area contributed by atoms with E-state index in [4.69, 9.17) is 11.6 Å². The highest BCUT2D eigenvalue weighted by molar-refractivity contribution is 6.30. The van der Waals surface area contributed by atoms with Gasteiger partial charge in [-0.05, 0) is 42.7 Å². The molecule has 0 aliphatic heterocycles. The van der Waals surface area contributed by atoms with Crippen molar-refractivity contribution in [2.45, 2.75) is 32.7 Å². The van der Waals surface area contributed by atoms with Crippen LogP contribution in [0.4, 0.5) is 11.5 Å². The molecule has 1 amide bonds. The molecule has 0 radical (unpaired) electrons. The number of amides is 1. The maximum Gasteiger partial charge on any atom is 0.247 e. The third-order valence-corrected chi connectivity index (χ3v) is 3.56. The number of pyridine rings is 1. The van der Waals surface area contributed by atoms with Gasteiger partial charge in [0.1, 0.15) is 11.9 Å². The number of nitrogens with zero attached hydrogens (tertiary/aromatic N) is 1. The van der Waals surface area contributed by atoms with Crippen LogP contribution in [0.25, 0.3) is 0 Å². The van der Waals surface area contributed by atoms with Crippen molar-refractivity contribution in [2.24, 2.45) is 0 Å². The highest BCUT2D eigenvalue weighted by Gasteiger charge is 2.13. The number of anilines is 2. The van der Waals surface area contributed by atoms with Gasteiger partial charge in [-0.2, -0.15) is 0 Å². The zero-order chi connectivity index (χ0) is 16.1. The second kappa shape index (κ2) is 7.27. The Bertz CT molecular complexity index is 623. The lowest BCUT2D eigenvalue weighted by molar-refractivity contribution is -0.116. The maximum absolute atomic E-state index is 12.1. The van der Waals surface area contributed by atoms with Crippen LogP contribution in [-0.4, -0.2) is 16.9 Å². The quantitative estimate of drug-likeness (QED) is 0.864. The first-order valence-electron chi connectivity index (χ1n) is 7.24. The molecule has 5 heteroatoms. The molecule has 2 rings (SSSR count). The standard InChI is InChI=1S/C17H20ClN3O/c1-11(2)13-4-7-15(8-5-13)20-12(3)17(22)21-16-9-6-14(18)10-19-16/h4-12,20H,1-3H3,(H,19,21,22)/t12-/m1/s1. The van der Waals surface area contributed by atoms with E-state index in [-0.39, 0.29) is 11.9 Å². The summed E-state index contributed by atoms with van der Waals surface area (Å²) in [5.41, 5.74) is 2.18. The third-order valence-electron chi connectivity index (χ3n) is 3.33. The minimum Gasteiger partial charge on any atom is -0.374 e. The number of aromatic nitrogens is 1. The largest absolute Gasteiger partial charge is 0.374 e. The van der Waals surface area contributed by atoms with E-state index in [0.29, 0.717) is 16.8 Å². The summed E-state index contributed by atoms with van der Waals surface area (Å²) in [4.78, 5) is 16.2.